The molecule has 3 N–H and O–H groups in total. The fourth-order valence-corrected chi connectivity index (χ4v) is 6.36. The number of amides is 2. The summed E-state index contributed by atoms with van der Waals surface area (Å²) in [6.45, 7) is 7.81. The molecular formula is C24H34N4O5S2. The third-order valence-corrected chi connectivity index (χ3v) is 8.32. The van der Waals surface area contributed by atoms with Gasteiger partial charge in [0, 0.05) is 24.2 Å². The number of β-amino-alcohol motifs (C(OH)–C–C–N with tert-alkyl or cyclic N) is 1. The average Bonchev–Trinajstić information content (AvgIpc) is 3.28. The summed E-state index contributed by atoms with van der Waals surface area (Å²) in [6, 6.07) is 3.99. The SMILES string of the molecule is C[C@@H]1CC[C@H](N(C(=O)[C@H](CC(C)(C)C)NC(=O)c2ccsc2)S(=O)(=O)c2ccccn2)[C@@H](O)CN1. The van der Waals surface area contributed by atoms with E-state index in [-0.39, 0.29) is 30.5 Å². The van der Waals surface area contributed by atoms with Crippen molar-refractivity contribution in [3.63, 3.8) is 0 Å². The Hall–Kier alpha value is -2.34. The number of pyridine rings is 1. The predicted octanol–water partition coefficient (Wildman–Crippen LogP) is 2.40. The quantitative estimate of drug-likeness (QED) is 0.509. The molecular weight excluding hydrogens is 488 g/mol. The van der Waals surface area contributed by atoms with Crippen molar-refractivity contribution in [1.29, 1.82) is 0 Å². The van der Waals surface area contributed by atoms with Crippen molar-refractivity contribution in [3.8, 4) is 0 Å². The highest BCUT2D eigenvalue weighted by molar-refractivity contribution is 7.89. The Kier molecular flexibility index (Phi) is 8.68. The number of hydrogen-bond acceptors (Lipinski definition) is 8. The summed E-state index contributed by atoms with van der Waals surface area (Å²) in [5.74, 6) is -1.24. The zero-order valence-corrected chi connectivity index (χ0v) is 22.1. The lowest BCUT2D eigenvalue weighted by Crippen LogP contribution is -2.58. The van der Waals surface area contributed by atoms with Gasteiger partial charge in [-0.05, 0) is 55.2 Å². The molecule has 0 aliphatic carbocycles. The number of thiophene rings is 1. The fraction of sp³-hybridized carbons (Fsp3) is 0.542. The summed E-state index contributed by atoms with van der Waals surface area (Å²) in [4.78, 5) is 30.9. The van der Waals surface area contributed by atoms with Crippen LogP contribution in [0.3, 0.4) is 0 Å². The molecule has 4 atom stereocenters. The topological polar surface area (TPSA) is 129 Å². The molecule has 2 aromatic heterocycles. The van der Waals surface area contributed by atoms with Crippen molar-refractivity contribution in [1.82, 2.24) is 19.9 Å². The smallest absolute Gasteiger partial charge is 0.284 e. The average molecular weight is 523 g/mol. The zero-order valence-electron chi connectivity index (χ0n) is 20.5. The van der Waals surface area contributed by atoms with Crippen LogP contribution in [0.2, 0.25) is 0 Å². The molecule has 2 aromatic rings. The van der Waals surface area contributed by atoms with Crippen molar-refractivity contribution in [2.45, 2.75) is 76.2 Å². The molecule has 0 aromatic carbocycles. The third kappa shape index (κ3) is 6.87. The number of hydrogen-bond donors (Lipinski definition) is 3. The molecule has 1 aliphatic heterocycles. The Morgan fingerprint density at radius 1 is 1.29 bits per heavy atom. The van der Waals surface area contributed by atoms with Crippen LogP contribution in [-0.4, -0.2) is 65.4 Å². The number of aliphatic hydroxyl groups excluding tert-OH is 1. The van der Waals surface area contributed by atoms with E-state index in [9.17, 15) is 23.1 Å². The first-order chi connectivity index (χ1) is 16.4. The van der Waals surface area contributed by atoms with E-state index in [1.807, 2.05) is 27.7 Å². The molecule has 0 unspecified atom stereocenters. The Morgan fingerprint density at radius 2 is 2.03 bits per heavy atom. The van der Waals surface area contributed by atoms with Crippen molar-refractivity contribution in [2.75, 3.05) is 6.54 Å². The highest BCUT2D eigenvalue weighted by atomic mass is 32.2. The molecule has 3 rings (SSSR count). The van der Waals surface area contributed by atoms with E-state index < -0.39 is 45.4 Å². The molecule has 35 heavy (non-hydrogen) atoms. The maximum absolute atomic E-state index is 14.1. The summed E-state index contributed by atoms with van der Waals surface area (Å²) in [7, 11) is -4.42. The van der Waals surface area contributed by atoms with Gasteiger partial charge in [-0.15, -0.1) is 0 Å². The largest absolute Gasteiger partial charge is 0.390 e. The lowest BCUT2D eigenvalue weighted by Gasteiger charge is -2.36. The maximum Gasteiger partial charge on any atom is 0.284 e. The van der Waals surface area contributed by atoms with Crippen LogP contribution in [0.5, 0.6) is 0 Å². The number of carbonyl (C=O) groups excluding carboxylic acids is 2. The van der Waals surface area contributed by atoms with E-state index in [0.717, 1.165) is 4.31 Å². The zero-order chi connectivity index (χ0) is 25.8. The van der Waals surface area contributed by atoms with Gasteiger partial charge in [-0.2, -0.15) is 19.8 Å². The lowest BCUT2D eigenvalue weighted by molar-refractivity contribution is -0.132. The van der Waals surface area contributed by atoms with Crippen molar-refractivity contribution in [3.05, 3.63) is 46.8 Å². The molecule has 0 saturated carbocycles. The molecule has 11 heteroatoms. The third-order valence-electron chi connectivity index (χ3n) is 5.90. The van der Waals surface area contributed by atoms with Crippen LogP contribution in [0.4, 0.5) is 0 Å². The molecule has 0 bridgehead atoms. The van der Waals surface area contributed by atoms with Crippen LogP contribution in [0.15, 0.2) is 46.2 Å². The highest BCUT2D eigenvalue weighted by Gasteiger charge is 2.44. The Balaban J connectivity index is 2.06. The number of rotatable bonds is 7. The van der Waals surface area contributed by atoms with Gasteiger partial charge in [-0.25, -0.2) is 9.29 Å². The minimum atomic E-state index is -4.42. The van der Waals surface area contributed by atoms with Gasteiger partial charge >= 0.3 is 0 Å². The van der Waals surface area contributed by atoms with Crippen LogP contribution in [0.25, 0.3) is 0 Å². The van der Waals surface area contributed by atoms with Gasteiger partial charge in [-0.3, -0.25) is 9.59 Å². The number of nitrogens with one attached hydrogen (secondary N) is 2. The minimum absolute atomic E-state index is 0.0489. The number of aromatic nitrogens is 1. The molecule has 192 valence electrons. The highest BCUT2D eigenvalue weighted by Crippen LogP contribution is 2.28. The second kappa shape index (κ2) is 11.2. The van der Waals surface area contributed by atoms with Crippen LogP contribution < -0.4 is 10.6 Å². The second-order valence-electron chi connectivity index (χ2n) is 10.1. The van der Waals surface area contributed by atoms with Crippen molar-refractivity contribution >= 4 is 33.2 Å². The Labute approximate surface area is 211 Å². The molecule has 3 heterocycles. The first-order valence-electron chi connectivity index (χ1n) is 11.6. The van der Waals surface area contributed by atoms with Gasteiger partial charge in [0.05, 0.1) is 17.7 Å². The van der Waals surface area contributed by atoms with E-state index >= 15 is 0 Å². The van der Waals surface area contributed by atoms with Gasteiger partial charge in [0.15, 0.2) is 5.03 Å². The molecule has 0 radical (unpaired) electrons. The normalized spacial score (nSPS) is 22.1. The van der Waals surface area contributed by atoms with E-state index in [0.29, 0.717) is 12.0 Å². The standard InChI is InChI=1S/C24H34N4O5S2/c1-16-8-9-19(20(29)14-26-16)28(35(32,33)21-7-5-6-11-25-21)23(31)18(13-24(2,3)4)27-22(30)17-10-12-34-15-17/h5-7,10-12,15-16,18-20,26,29H,8-9,13-14H2,1-4H3,(H,27,30)/t16-,18+,19+,20+/m1/s1. The van der Waals surface area contributed by atoms with Crippen LogP contribution >= 0.6 is 11.3 Å². The summed E-state index contributed by atoms with van der Waals surface area (Å²) in [5.41, 5.74) is -0.00533. The molecule has 1 fully saturated rings. The molecule has 1 aliphatic rings. The van der Waals surface area contributed by atoms with Gasteiger partial charge in [0.25, 0.3) is 21.8 Å². The molecule has 9 nitrogen and oxygen atoms in total. The predicted molar refractivity (Wildman–Crippen MR) is 134 cm³/mol. The van der Waals surface area contributed by atoms with Gasteiger partial charge < -0.3 is 15.7 Å². The fourth-order valence-electron chi connectivity index (χ4n) is 4.11. The molecule has 1 saturated heterocycles. The Bertz CT molecular complexity index is 1100. The van der Waals surface area contributed by atoms with E-state index in [1.54, 1.807) is 22.9 Å². The lowest BCUT2D eigenvalue weighted by atomic mass is 9.87. The van der Waals surface area contributed by atoms with Crippen LogP contribution in [0, 0.1) is 5.41 Å². The first kappa shape index (κ1) is 27.3. The van der Waals surface area contributed by atoms with Crippen molar-refractivity contribution < 1.29 is 23.1 Å². The van der Waals surface area contributed by atoms with Crippen LogP contribution in [0.1, 0.15) is 57.3 Å². The van der Waals surface area contributed by atoms with Gasteiger partial charge in [0.2, 0.25) is 0 Å². The second-order valence-corrected chi connectivity index (χ2v) is 12.7. The van der Waals surface area contributed by atoms with Crippen molar-refractivity contribution in [2.24, 2.45) is 5.41 Å². The molecule has 2 amide bonds. The number of carbonyl (C=O) groups is 2. The maximum atomic E-state index is 14.1. The Morgan fingerprint density at radius 3 is 2.63 bits per heavy atom. The van der Waals surface area contributed by atoms with E-state index in [2.05, 4.69) is 15.6 Å². The first-order valence-corrected chi connectivity index (χ1v) is 14.0. The number of sulfonamides is 1. The monoisotopic (exact) mass is 522 g/mol. The summed E-state index contributed by atoms with van der Waals surface area (Å²) in [5, 5.41) is 20.0. The van der Waals surface area contributed by atoms with Crippen LogP contribution in [-0.2, 0) is 14.8 Å². The number of nitrogens with zero attached hydrogens (tertiary/aromatic N) is 2. The van der Waals surface area contributed by atoms with E-state index in [4.69, 9.17) is 0 Å². The van der Waals surface area contributed by atoms with Gasteiger partial charge in [0.1, 0.15) is 6.04 Å². The minimum Gasteiger partial charge on any atom is -0.390 e. The van der Waals surface area contributed by atoms with E-state index in [1.165, 1.54) is 29.7 Å². The van der Waals surface area contributed by atoms with Gasteiger partial charge in [-0.1, -0.05) is 26.8 Å². The summed E-state index contributed by atoms with van der Waals surface area (Å²) >= 11 is 1.35. The summed E-state index contributed by atoms with van der Waals surface area (Å²) in [6.07, 6.45) is 1.26. The number of aliphatic hydroxyl groups is 1. The summed E-state index contributed by atoms with van der Waals surface area (Å²) < 4.78 is 28.4. The molecule has 0 spiro atoms.